The van der Waals surface area contributed by atoms with Gasteiger partial charge in [-0.3, -0.25) is 4.90 Å². The van der Waals surface area contributed by atoms with Crippen LogP contribution in [0.5, 0.6) is 0 Å². The number of halogens is 2. The van der Waals surface area contributed by atoms with Gasteiger partial charge >= 0.3 is 0 Å². The zero-order chi connectivity index (χ0) is 14.0. The van der Waals surface area contributed by atoms with Gasteiger partial charge in [-0.15, -0.1) is 0 Å². The van der Waals surface area contributed by atoms with Crippen LogP contribution < -0.4 is 5.32 Å². The van der Waals surface area contributed by atoms with E-state index in [1.807, 2.05) is 0 Å². The van der Waals surface area contributed by atoms with Gasteiger partial charge in [-0.25, -0.2) is 0 Å². The number of aliphatic hydroxyl groups excluding tert-OH is 1. The van der Waals surface area contributed by atoms with E-state index in [0.29, 0.717) is 25.1 Å². The summed E-state index contributed by atoms with van der Waals surface area (Å²) in [7, 11) is 0. The van der Waals surface area contributed by atoms with Crippen LogP contribution in [0.1, 0.15) is 6.42 Å². The van der Waals surface area contributed by atoms with Gasteiger partial charge in [-0.05, 0) is 18.5 Å². The highest BCUT2D eigenvalue weighted by Gasteiger charge is 2.43. The zero-order valence-electron chi connectivity index (χ0n) is 10.9. The fraction of sp³-hybridized carbons (Fsp3) is 0.571. The lowest BCUT2D eigenvalue weighted by Gasteiger charge is -2.42. The van der Waals surface area contributed by atoms with Gasteiger partial charge in [0.2, 0.25) is 0 Å². The average molecular weight is 270 g/mol. The summed E-state index contributed by atoms with van der Waals surface area (Å²) in [6.07, 6.45) is 2.74. The molecule has 2 aliphatic rings. The summed E-state index contributed by atoms with van der Waals surface area (Å²) < 4.78 is 28.2. The summed E-state index contributed by atoms with van der Waals surface area (Å²) >= 11 is 0. The highest BCUT2D eigenvalue weighted by Crippen LogP contribution is 2.35. The third-order valence-electron chi connectivity index (χ3n) is 3.85. The van der Waals surface area contributed by atoms with Gasteiger partial charge in [0, 0.05) is 24.7 Å². The Bertz CT molecular complexity index is 406. The first kappa shape index (κ1) is 14.4. The Morgan fingerprint density at radius 2 is 2.11 bits per heavy atom. The first-order valence-electron chi connectivity index (χ1n) is 6.48. The van der Waals surface area contributed by atoms with Crippen molar-refractivity contribution >= 4 is 0 Å². The van der Waals surface area contributed by atoms with E-state index in [9.17, 15) is 13.9 Å². The van der Waals surface area contributed by atoms with E-state index in [0.717, 1.165) is 6.54 Å². The van der Waals surface area contributed by atoms with Crippen molar-refractivity contribution in [2.24, 2.45) is 0 Å². The Morgan fingerprint density at radius 3 is 2.68 bits per heavy atom. The molecule has 5 heteroatoms. The van der Waals surface area contributed by atoms with Crippen molar-refractivity contribution in [3.63, 3.8) is 0 Å². The lowest BCUT2D eigenvalue weighted by molar-refractivity contribution is -0.0453. The van der Waals surface area contributed by atoms with Gasteiger partial charge in [0.15, 0.2) is 0 Å². The molecule has 2 N–H and O–H groups in total. The number of piperidine rings is 1. The van der Waals surface area contributed by atoms with E-state index < -0.39 is 12.0 Å². The molecule has 2 heterocycles. The molecule has 0 spiro atoms. The van der Waals surface area contributed by atoms with Crippen LogP contribution in [0.3, 0.4) is 0 Å². The first-order valence-corrected chi connectivity index (χ1v) is 6.48. The van der Waals surface area contributed by atoms with Crippen LogP contribution in [0.25, 0.3) is 0 Å². The fourth-order valence-corrected chi connectivity index (χ4v) is 2.88. The molecule has 3 nitrogen and oxygen atoms in total. The van der Waals surface area contributed by atoms with Gasteiger partial charge in [0.05, 0.1) is 12.6 Å². The molecule has 0 saturated carbocycles. The van der Waals surface area contributed by atoms with Crippen LogP contribution >= 0.6 is 0 Å². The highest BCUT2D eigenvalue weighted by molar-refractivity contribution is 5.40. The van der Waals surface area contributed by atoms with Gasteiger partial charge in [0.1, 0.15) is 0 Å². The largest absolute Gasteiger partial charge is 0.390 e. The predicted molar refractivity (Wildman–Crippen MR) is 71.2 cm³/mol. The minimum atomic E-state index is -2.94. The van der Waals surface area contributed by atoms with Gasteiger partial charge < -0.3 is 10.4 Å². The van der Waals surface area contributed by atoms with Crippen LogP contribution in [0.2, 0.25) is 0 Å². The van der Waals surface area contributed by atoms with E-state index in [1.165, 1.54) is 12.2 Å². The molecule has 0 aromatic heterocycles. The van der Waals surface area contributed by atoms with Gasteiger partial charge in [0.25, 0.3) is 5.92 Å². The fourth-order valence-electron chi connectivity index (χ4n) is 2.88. The minimum absolute atomic E-state index is 0.0397. The summed E-state index contributed by atoms with van der Waals surface area (Å²) in [5.41, 5.74) is 0.458. The van der Waals surface area contributed by atoms with E-state index in [4.69, 9.17) is 0 Å². The third kappa shape index (κ3) is 2.78. The predicted octanol–water partition coefficient (Wildman–Crippen LogP) is 1.33. The monoisotopic (exact) mass is 270 g/mol. The molecule has 19 heavy (non-hydrogen) atoms. The topological polar surface area (TPSA) is 35.5 Å². The summed E-state index contributed by atoms with van der Waals surface area (Å²) in [6.45, 7) is 8.29. The van der Waals surface area contributed by atoms with E-state index in [1.54, 1.807) is 4.90 Å². The van der Waals surface area contributed by atoms with Crippen molar-refractivity contribution in [1.82, 2.24) is 10.2 Å². The molecule has 1 saturated heterocycles. The van der Waals surface area contributed by atoms with Crippen molar-refractivity contribution in [2.45, 2.75) is 24.5 Å². The molecule has 2 aliphatic heterocycles. The lowest BCUT2D eigenvalue weighted by Crippen LogP contribution is -2.57. The van der Waals surface area contributed by atoms with Crippen LogP contribution in [0.15, 0.2) is 36.5 Å². The number of β-amino-alcohol motifs (C(OH)–C–C–N with tert-alkyl or cyclic N) is 1. The Labute approximate surface area is 112 Å². The van der Waals surface area contributed by atoms with Crippen LogP contribution in [-0.4, -0.2) is 54.3 Å². The molecular weight excluding hydrogens is 250 g/mol. The quantitative estimate of drug-likeness (QED) is 0.812. The Kier molecular flexibility index (Phi) is 4.18. The molecule has 0 aromatic rings. The average Bonchev–Trinajstić information content (AvgIpc) is 2.37. The number of allylic oxidation sites excluding steroid dienone is 1. The molecule has 1 fully saturated rings. The normalized spacial score (nSPS) is 32.2. The Balaban J connectivity index is 2.25. The number of hydrogen-bond acceptors (Lipinski definition) is 3. The summed E-state index contributed by atoms with van der Waals surface area (Å²) in [5.74, 6) is -2.94. The number of alkyl halides is 2. The van der Waals surface area contributed by atoms with Gasteiger partial charge in [-0.1, -0.05) is 25.3 Å². The maximum atomic E-state index is 14.1. The number of rotatable bonds is 3. The van der Waals surface area contributed by atoms with Crippen molar-refractivity contribution in [3.8, 4) is 0 Å². The maximum Gasteiger partial charge on any atom is 0.285 e. The van der Waals surface area contributed by atoms with E-state index in [2.05, 4.69) is 18.5 Å². The molecule has 0 aromatic carbocycles. The molecule has 106 valence electrons. The molecule has 2 atom stereocenters. The highest BCUT2D eigenvalue weighted by atomic mass is 19.3. The third-order valence-corrected chi connectivity index (χ3v) is 3.85. The summed E-state index contributed by atoms with van der Waals surface area (Å²) in [4.78, 5) is 1.66. The second-order valence-electron chi connectivity index (χ2n) is 5.08. The molecule has 2 rings (SSSR count). The molecular formula is C14H20F2N2O. The van der Waals surface area contributed by atoms with E-state index in [-0.39, 0.29) is 18.2 Å². The van der Waals surface area contributed by atoms with Crippen LogP contribution in [-0.2, 0) is 0 Å². The van der Waals surface area contributed by atoms with Crippen molar-refractivity contribution in [1.29, 1.82) is 0 Å². The SMILES string of the molecule is C=CC1=C(C=C)C(F)(F)CN(C2CCNCC2O)C1. The number of nitrogens with one attached hydrogen (secondary N) is 1. The zero-order valence-corrected chi connectivity index (χ0v) is 10.9. The smallest absolute Gasteiger partial charge is 0.285 e. The van der Waals surface area contributed by atoms with Gasteiger partial charge in [-0.2, -0.15) is 8.78 Å². The maximum absolute atomic E-state index is 14.1. The molecule has 0 amide bonds. The summed E-state index contributed by atoms with van der Waals surface area (Å²) in [6, 6.07) is -0.228. The number of nitrogens with zero attached hydrogens (tertiary/aromatic N) is 1. The standard InChI is InChI=1S/C14H20F2N2O/c1-3-10-8-18(9-14(15,16)11(10)4-2)12-5-6-17-7-13(12)19/h3-4,12-13,17,19H,1-2,5-9H2. The first-order chi connectivity index (χ1) is 8.99. The number of hydrogen-bond donors (Lipinski definition) is 2. The van der Waals surface area contributed by atoms with Crippen LogP contribution in [0, 0.1) is 0 Å². The van der Waals surface area contributed by atoms with Crippen molar-refractivity contribution < 1.29 is 13.9 Å². The number of aliphatic hydroxyl groups is 1. The van der Waals surface area contributed by atoms with E-state index >= 15 is 0 Å². The van der Waals surface area contributed by atoms with Crippen molar-refractivity contribution in [3.05, 3.63) is 36.5 Å². The van der Waals surface area contributed by atoms with Crippen molar-refractivity contribution in [2.75, 3.05) is 26.2 Å². The molecule has 0 radical (unpaired) electrons. The Hall–Kier alpha value is -1.04. The molecule has 0 bridgehead atoms. The molecule has 0 aliphatic carbocycles. The summed E-state index contributed by atoms with van der Waals surface area (Å²) in [5, 5.41) is 13.0. The second-order valence-corrected chi connectivity index (χ2v) is 5.08. The molecule has 2 unspecified atom stereocenters. The van der Waals surface area contributed by atoms with Crippen LogP contribution in [0.4, 0.5) is 8.78 Å². The minimum Gasteiger partial charge on any atom is -0.390 e. The Morgan fingerprint density at radius 1 is 1.37 bits per heavy atom. The second kappa shape index (κ2) is 5.53. The lowest BCUT2D eigenvalue weighted by atomic mass is 9.92.